The molecule has 0 aromatic heterocycles. The van der Waals surface area contributed by atoms with Crippen LogP contribution in [0, 0.1) is 12.8 Å². The molecule has 1 aliphatic carbocycles. The van der Waals surface area contributed by atoms with Gasteiger partial charge in [-0.1, -0.05) is 39.2 Å². The second-order valence-corrected chi connectivity index (χ2v) is 7.86. The molecule has 0 saturated heterocycles. The van der Waals surface area contributed by atoms with E-state index in [1.807, 2.05) is 0 Å². The smallest absolute Gasteiger partial charge is 0.0208 e. The van der Waals surface area contributed by atoms with Crippen molar-refractivity contribution in [3.63, 3.8) is 0 Å². The molecule has 1 aromatic carbocycles. The van der Waals surface area contributed by atoms with Gasteiger partial charge in [-0.05, 0) is 55.5 Å². The first-order valence-electron chi connectivity index (χ1n) is 8.12. The van der Waals surface area contributed by atoms with E-state index in [4.69, 9.17) is 0 Å². The van der Waals surface area contributed by atoms with Gasteiger partial charge in [-0.3, -0.25) is 0 Å². The standard InChI is InChI=1S/C18H29NS/c1-14(2)12-19-13-16-9-10-18(11-15(16)3)20-17-7-5-4-6-8-17/h9-11,14,17,19H,4-8,12-13H2,1-3H3. The fourth-order valence-electron chi connectivity index (χ4n) is 2.81. The molecular formula is C18H29NS. The molecule has 0 bridgehead atoms. The van der Waals surface area contributed by atoms with Crippen molar-refractivity contribution in [2.75, 3.05) is 6.54 Å². The Hall–Kier alpha value is -0.470. The minimum Gasteiger partial charge on any atom is -0.312 e. The Morgan fingerprint density at radius 2 is 1.95 bits per heavy atom. The number of aryl methyl sites for hydroxylation is 1. The lowest BCUT2D eigenvalue weighted by Gasteiger charge is -2.21. The minimum atomic E-state index is 0.719. The van der Waals surface area contributed by atoms with Crippen LogP contribution >= 0.6 is 11.8 Å². The highest BCUT2D eigenvalue weighted by molar-refractivity contribution is 8.00. The van der Waals surface area contributed by atoms with Crippen molar-refractivity contribution in [2.24, 2.45) is 5.92 Å². The summed E-state index contributed by atoms with van der Waals surface area (Å²) >= 11 is 2.10. The highest BCUT2D eigenvalue weighted by atomic mass is 32.2. The Labute approximate surface area is 128 Å². The van der Waals surface area contributed by atoms with Gasteiger partial charge in [0.05, 0.1) is 0 Å². The molecule has 0 spiro atoms. The monoisotopic (exact) mass is 291 g/mol. The van der Waals surface area contributed by atoms with Gasteiger partial charge in [0.2, 0.25) is 0 Å². The van der Waals surface area contributed by atoms with Crippen LogP contribution in [-0.4, -0.2) is 11.8 Å². The minimum absolute atomic E-state index is 0.719. The van der Waals surface area contributed by atoms with Gasteiger partial charge in [-0.25, -0.2) is 0 Å². The fourth-order valence-corrected chi connectivity index (χ4v) is 4.16. The summed E-state index contributed by atoms with van der Waals surface area (Å²) in [7, 11) is 0. The maximum absolute atomic E-state index is 3.54. The summed E-state index contributed by atoms with van der Waals surface area (Å²) in [5, 5.41) is 4.39. The Morgan fingerprint density at radius 3 is 2.60 bits per heavy atom. The molecule has 0 atom stereocenters. The molecule has 1 nitrogen and oxygen atoms in total. The second kappa shape index (κ2) is 8.09. The molecule has 1 aromatic rings. The Morgan fingerprint density at radius 1 is 1.20 bits per heavy atom. The first-order valence-corrected chi connectivity index (χ1v) is 9.00. The van der Waals surface area contributed by atoms with Gasteiger partial charge in [0.1, 0.15) is 0 Å². The van der Waals surface area contributed by atoms with E-state index in [1.54, 1.807) is 0 Å². The number of rotatable bonds is 6. The van der Waals surface area contributed by atoms with Gasteiger partial charge in [0, 0.05) is 16.7 Å². The maximum atomic E-state index is 3.54. The summed E-state index contributed by atoms with van der Waals surface area (Å²) < 4.78 is 0. The summed E-state index contributed by atoms with van der Waals surface area (Å²) in [6.07, 6.45) is 7.10. The zero-order chi connectivity index (χ0) is 14.4. The molecule has 20 heavy (non-hydrogen) atoms. The molecule has 112 valence electrons. The zero-order valence-corrected chi connectivity index (χ0v) is 14.1. The first-order chi connectivity index (χ1) is 9.65. The van der Waals surface area contributed by atoms with Gasteiger partial charge in [-0.2, -0.15) is 0 Å². The summed E-state index contributed by atoms with van der Waals surface area (Å²) in [6.45, 7) is 8.85. The van der Waals surface area contributed by atoms with Crippen molar-refractivity contribution in [1.29, 1.82) is 0 Å². The average molecular weight is 292 g/mol. The van der Waals surface area contributed by atoms with Crippen molar-refractivity contribution in [1.82, 2.24) is 5.32 Å². The second-order valence-electron chi connectivity index (χ2n) is 6.49. The van der Waals surface area contributed by atoms with Gasteiger partial charge >= 0.3 is 0 Å². The fraction of sp³-hybridized carbons (Fsp3) is 0.667. The molecule has 1 saturated carbocycles. The van der Waals surface area contributed by atoms with Crippen LogP contribution in [0.1, 0.15) is 57.1 Å². The summed E-state index contributed by atoms with van der Waals surface area (Å²) in [5.74, 6) is 0.719. The third-order valence-electron chi connectivity index (χ3n) is 4.04. The molecule has 1 fully saturated rings. The Bertz CT molecular complexity index is 408. The number of benzene rings is 1. The van der Waals surface area contributed by atoms with Crippen molar-refractivity contribution in [2.45, 2.75) is 69.6 Å². The molecule has 2 heteroatoms. The van der Waals surface area contributed by atoms with Crippen molar-refractivity contribution in [3.8, 4) is 0 Å². The van der Waals surface area contributed by atoms with Gasteiger partial charge in [-0.15, -0.1) is 11.8 Å². The van der Waals surface area contributed by atoms with E-state index < -0.39 is 0 Å². The van der Waals surface area contributed by atoms with E-state index in [-0.39, 0.29) is 0 Å². The predicted molar refractivity (Wildman–Crippen MR) is 90.5 cm³/mol. The molecule has 1 N–H and O–H groups in total. The van der Waals surface area contributed by atoms with Crippen LogP contribution in [0.4, 0.5) is 0 Å². The zero-order valence-electron chi connectivity index (χ0n) is 13.2. The highest BCUT2D eigenvalue weighted by Crippen LogP contribution is 2.34. The summed E-state index contributed by atoms with van der Waals surface area (Å²) in [6, 6.07) is 7.01. The van der Waals surface area contributed by atoms with Crippen LogP contribution in [0.2, 0.25) is 0 Å². The predicted octanol–water partition coefficient (Wildman–Crippen LogP) is 5.17. The van der Waals surface area contributed by atoms with Crippen LogP contribution in [0.3, 0.4) is 0 Å². The van der Waals surface area contributed by atoms with E-state index in [0.717, 1.165) is 24.3 Å². The largest absolute Gasteiger partial charge is 0.312 e. The van der Waals surface area contributed by atoms with E-state index >= 15 is 0 Å². The molecule has 0 amide bonds. The molecule has 0 radical (unpaired) electrons. The van der Waals surface area contributed by atoms with Crippen molar-refractivity contribution < 1.29 is 0 Å². The molecule has 0 aliphatic heterocycles. The third kappa shape index (κ3) is 5.14. The van der Waals surface area contributed by atoms with Crippen molar-refractivity contribution >= 4 is 11.8 Å². The maximum Gasteiger partial charge on any atom is 0.0208 e. The Kier molecular flexibility index (Phi) is 6.44. The van der Waals surface area contributed by atoms with Crippen LogP contribution in [0.25, 0.3) is 0 Å². The van der Waals surface area contributed by atoms with E-state index in [9.17, 15) is 0 Å². The van der Waals surface area contributed by atoms with E-state index in [2.05, 4.69) is 56.0 Å². The summed E-state index contributed by atoms with van der Waals surface area (Å²) in [4.78, 5) is 1.46. The Balaban J connectivity index is 1.87. The molecule has 0 unspecified atom stereocenters. The molecule has 0 heterocycles. The third-order valence-corrected chi connectivity index (χ3v) is 5.37. The SMILES string of the molecule is Cc1cc(SC2CCCCC2)ccc1CNCC(C)C. The molecular weight excluding hydrogens is 262 g/mol. The molecule has 2 rings (SSSR count). The topological polar surface area (TPSA) is 12.0 Å². The number of nitrogens with one attached hydrogen (secondary N) is 1. The van der Waals surface area contributed by atoms with Crippen LogP contribution in [0.5, 0.6) is 0 Å². The number of hydrogen-bond donors (Lipinski definition) is 1. The number of thioether (sulfide) groups is 1. The quantitative estimate of drug-likeness (QED) is 0.776. The molecule has 1 aliphatic rings. The lowest BCUT2D eigenvalue weighted by atomic mass is 10.0. The first kappa shape index (κ1) is 15.9. The normalized spacial score (nSPS) is 16.8. The summed E-state index contributed by atoms with van der Waals surface area (Å²) in [5.41, 5.74) is 2.88. The van der Waals surface area contributed by atoms with Gasteiger partial charge in [0.25, 0.3) is 0 Å². The van der Waals surface area contributed by atoms with Gasteiger partial charge in [0.15, 0.2) is 0 Å². The highest BCUT2D eigenvalue weighted by Gasteiger charge is 2.14. The van der Waals surface area contributed by atoms with E-state index in [0.29, 0.717) is 0 Å². The number of hydrogen-bond acceptors (Lipinski definition) is 2. The van der Waals surface area contributed by atoms with Gasteiger partial charge < -0.3 is 5.32 Å². The lowest BCUT2D eigenvalue weighted by molar-refractivity contribution is 0.516. The van der Waals surface area contributed by atoms with Crippen LogP contribution in [-0.2, 0) is 6.54 Å². The van der Waals surface area contributed by atoms with Crippen LogP contribution in [0.15, 0.2) is 23.1 Å². The average Bonchev–Trinajstić information content (AvgIpc) is 2.42. The van der Waals surface area contributed by atoms with Crippen LogP contribution < -0.4 is 5.32 Å². The lowest BCUT2D eigenvalue weighted by Crippen LogP contribution is -2.19. The van der Waals surface area contributed by atoms with Crippen molar-refractivity contribution in [3.05, 3.63) is 29.3 Å². The van der Waals surface area contributed by atoms with E-state index in [1.165, 1.54) is 48.1 Å².